The molecule has 0 radical (unpaired) electrons. The molecule has 116 valence electrons. The molecular formula is C16H18Br2N4. The molecule has 6 heteroatoms. The number of nitrogens with zero attached hydrogens (tertiary/aromatic N) is 4. The molecule has 0 N–H and O–H groups in total. The molecule has 0 saturated carbocycles. The molecule has 0 atom stereocenters. The minimum absolute atomic E-state index is 0.645. The standard InChI is InChI=1S/C16H18Br2N4/c1-8-9(2)11(4)15-13(10(8)3)14(17)16(18)22(15)6-12-19-7-21(5)20-12/h7H,6H2,1-5H3. The monoisotopic (exact) mass is 424 g/mol. The number of hydrogen-bond donors (Lipinski definition) is 0. The van der Waals surface area contributed by atoms with Crippen molar-refractivity contribution in [1.29, 1.82) is 0 Å². The van der Waals surface area contributed by atoms with Gasteiger partial charge in [0.2, 0.25) is 0 Å². The van der Waals surface area contributed by atoms with Crippen molar-refractivity contribution in [2.45, 2.75) is 34.2 Å². The third kappa shape index (κ3) is 2.24. The van der Waals surface area contributed by atoms with Gasteiger partial charge < -0.3 is 4.57 Å². The highest BCUT2D eigenvalue weighted by molar-refractivity contribution is 9.13. The Morgan fingerprint density at radius 2 is 1.64 bits per heavy atom. The maximum absolute atomic E-state index is 4.40. The van der Waals surface area contributed by atoms with E-state index in [1.807, 2.05) is 7.05 Å². The molecule has 0 saturated heterocycles. The SMILES string of the molecule is Cc1c(C)c(C)c2c(c1C)c(Br)c(Br)n2Cc1ncn(C)n1. The Morgan fingerprint density at radius 1 is 1.00 bits per heavy atom. The van der Waals surface area contributed by atoms with Crippen LogP contribution in [-0.4, -0.2) is 19.3 Å². The van der Waals surface area contributed by atoms with E-state index in [-0.39, 0.29) is 0 Å². The minimum Gasteiger partial charge on any atom is -0.326 e. The normalized spacial score (nSPS) is 11.6. The predicted octanol–water partition coefficient (Wildman–Crippen LogP) is 4.58. The lowest BCUT2D eigenvalue weighted by Crippen LogP contribution is -2.05. The molecule has 0 aliphatic heterocycles. The Hall–Kier alpha value is -1.14. The van der Waals surface area contributed by atoms with E-state index in [0.29, 0.717) is 6.54 Å². The topological polar surface area (TPSA) is 35.6 Å². The Bertz CT molecular complexity index is 890. The van der Waals surface area contributed by atoms with E-state index in [0.717, 1.165) is 14.9 Å². The molecule has 2 heterocycles. The van der Waals surface area contributed by atoms with Gasteiger partial charge in [0.1, 0.15) is 10.9 Å². The molecule has 0 amide bonds. The Labute approximate surface area is 146 Å². The summed E-state index contributed by atoms with van der Waals surface area (Å²) < 4.78 is 6.11. The van der Waals surface area contributed by atoms with Crippen molar-refractivity contribution in [2.24, 2.45) is 7.05 Å². The van der Waals surface area contributed by atoms with E-state index in [2.05, 4.69) is 74.2 Å². The summed E-state index contributed by atoms with van der Waals surface area (Å²) >= 11 is 7.48. The molecule has 3 aromatic rings. The molecule has 0 bridgehead atoms. The lowest BCUT2D eigenvalue weighted by Gasteiger charge is -2.14. The molecule has 0 aliphatic carbocycles. The quantitative estimate of drug-likeness (QED) is 0.602. The van der Waals surface area contributed by atoms with Crippen molar-refractivity contribution in [1.82, 2.24) is 19.3 Å². The molecular weight excluding hydrogens is 408 g/mol. The molecule has 22 heavy (non-hydrogen) atoms. The van der Waals surface area contributed by atoms with Gasteiger partial charge in [0, 0.05) is 12.4 Å². The van der Waals surface area contributed by atoms with Gasteiger partial charge in [-0.2, -0.15) is 5.10 Å². The lowest BCUT2D eigenvalue weighted by molar-refractivity contribution is 0.707. The van der Waals surface area contributed by atoms with Gasteiger partial charge in [0.05, 0.1) is 16.5 Å². The van der Waals surface area contributed by atoms with Crippen molar-refractivity contribution in [3.63, 3.8) is 0 Å². The van der Waals surface area contributed by atoms with Crippen molar-refractivity contribution in [3.05, 3.63) is 43.5 Å². The molecule has 0 aliphatic rings. The van der Waals surface area contributed by atoms with E-state index in [9.17, 15) is 0 Å². The van der Waals surface area contributed by atoms with Gasteiger partial charge in [-0.3, -0.25) is 4.68 Å². The fourth-order valence-corrected chi connectivity index (χ4v) is 4.16. The van der Waals surface area contributed by atoms with Crippen molar-refractivity contribution in [3.8, 4) is 0 Å². The number of fused-ring (bicyclic) bond motifs is 1. The number of hydrogen-bond acceptors (Lipinski definition) is 2. The smallest absolute Gasteiger partial charge is 0.170 e. The van der Waals surface area contributed by atoms with Crippen LogP contribution in [0.4, 0.5) is 0 Å². The second kappa shape index (κ2) is 5.49. The van der Waals surface area contributed by atoms with Gasteiger partial charge in [-0.1, -0.05) is 0 Å². The van der Waals surface area contributed by atoms with Crippen LogP contribution in [0.3, 0.4) is 0 Å². The number of aryl methyl sites for hydroxylation is 3. The summed E-state index contributed by atoms with van der Waals surface area (Å²) in [5, 5.41) is 5.67. The van der Waals surface area contributed by atoms with Crippen LogP contribution >= 0.6 is 31.9 Å². The molecule has 2 aromatic heterocycles. The summed E-state index contributed by atoms with van der Waals surface area (Å²) in [4.78, 5) is 4.36. The Kier molecular flexibility index (Phi) is 3.93. The van der Waals surface area contributed by atoms with E-state index in [1.54, 1.807) is 11.0 Å². The maximum Gasteiger partial charge on any atom is 0.170 e. The summed E-state index contributed by atoms with van der Waals surface area (Å²) in [5.41, 5.74) is 6.56. The van der Waals surface area contributed by atoms with E-state index >= 15 is 0 Å². The van der Waals surface area contributed by atoms with E-state index < -0.39 is 0 Å². The highest BCUT2D eigenvalue weighted by atomic mass is 79.9. The fraction of sp³-hybridized carbons (Fsp3) is 0.375. The third-order valence-corrected chi connectivity index (χ3v) is 6.64. The second-order valence-corrected chi connectivity index (χ2v) is 7.29. The molecule has 0 fully saturated rings. The van der Waals surface area contributed by atoms with Crippen molar-refractivity contribution < 1.29 is 0 Å². The Balaban J connectivity index is 2.33. The first-order valence-corrected chi connectivity index (χ1v) is 8.69. The highest BCUT2D eigenvalue weighted by Gasteiger charge is 2.21. The van der Waals surface area contributed by atoms with Crippen LogP contribution in [0.2, 0.25) is 0 Å². The van der Waals surface area contributed by atoms with Crippen LogP contribution in [0, 0.1) is 27.7 Å². The van der Waals surface area contributed by atoms with Gasteiger partial charge in [0.15, 0.2) is 5.82 Å². The highest BCUT2D eigenvalue weighted by Crippen LogP contribution is 2.41. The van der Waals surface area contributed by atoms with E-state index in [1.165, 1.54) is 33.2 Å². The lowest BCUT2D eigenvalue weighted by atomic mass is 9.96. The van der Waals surface area contributed by atoms with Crippen LogP contribution in [0.15, 0.2) is 15.4 Å². The molecule has 0 unspecified atom stereocenters. The number of halogens is 2. The summed E-state index contributed by atoms with van der Waals surface area (Å²) in [6.07, 6.45) is 1.73. The van der Waals surface area contributed by atoms with Crippen molar-refractivity contribution in [2.75, 3.05) is 0 Å². The number of aromatic nitrogens is 4. The zero-order chi connectivity index (χ0) is 16.2. The predicted molar refractivity (Wildman–Crippen MR) is 96.4 cm³/mol. The summed E-state index contributed by atoms with van der Waals surface area (Å²) in [6.45, 7) is 9.40. The molecule has 1 aromatic carbocycles. The van der Waals surface area contributed by atoms with E-state index in [4.69, 9.17) is 0 Å². The van der Waals surface area contributed by atoms with Crippen molar-refractivity contribution >= 4 is 42.8 Å². The zero-order valence-electron chi connectivity index (χ0n) is 13.3. The summed E-state index contributed by atoms with van der Waals surface area (Å²) in [6, 6.07) is 0. The largest absolute Gasteiger partial charge is 0.326 e. The summed E-state index contributed by atoms with van der Waals surface area (Å²) in [7, 11) is 1.89. The maximum atomic E-state index is 4.40. The first-order chi connectivity index (χ1) is 10.3. The average molecular weight is 426 g/mol. The van der Waals surface area contributed by atoms with Gasteiger partial charge in [-0.25, -0.2) is 4.98 Å². The number of benzene rings is 1. The van der Waals surface area contributed by atoms with Gasteiger partial charge >= 0.3 is 0 Å². The zero-order valence-corrected chi connectivity index (χ0v) is 16.5. The fourth-order valence-electron chi connectivity index (χ4n) is 2.96. The average Bonchev–Trinajstić information content (AvgIpc) is 2.99. The van der Waals surface area contributed by atoms with Gasteiger partial charge in [-0.05, 0) is 81.8 Å². The van der Waals surface area contributed by atoms with Crippen LogP contribution in [0.25, 0.3) is 10.9 Å². The minimum atomic E-state index is 0.645. The van der Waals surface area contributed by atoms with Crippen LogP contribution in [0.1, 0.15) is 28.1 Å². The number of rotatable bonds is 2. The molecule has 4 nitrogen and oxygen atoms in total. The third-order valence-electron chi connectivity index (χ3n) is 4.51. The molecule has 3 rings (SSSR count). The Morgan fingerprint density at radius 3 is 2.23 bits per heavy atom. The van der Waals surface area contributed by atoms with Gasteiger partial charge in [-0.15, -0.1) is 0 Å². The molecule has 0 spiro atoms. The van der Waals surface area contributed by atoms with Crippen LogP contribution < -0.4 is 0 Å². The van der Waals surface area contributed by atoms with Crippen LogP contribution in [0.5, 0.6) is 0 Å². The van der Waals surface area contributed by atoms with Gasteiger partial charge in [0.25, 0.3) is 0 Å². The second-order valence-electron chi connectivity index (χ2n) is 5.75. The first kappa shape index (κ1) is 15.7. The summed E-state index contributed by atoms with van der Waals surface area (Å²) in [5.74, 6) is 0.808. The first-order valence-electron chi connectivity index (χ1n) is 7.11. The van der Waals surface area contributed by atoms with Crippen LogP contribution in [-0.2, 0) is 13.6 Å².